The maximum absolute atomic E-state index is 10.9. The smallest absolute Gasteiger partial charge is 0.266 e. The molecule has 0 spiro atoms. The molecule has 1 fully saturated rings. The second-order valence-electron chi connectivity index (χ2n) is 1.93. The zero-order valence-corrected chi connectivity index (χ0v) is 8.30. The van der Waals surface area contributed by atoms with Crippen molar-refractivity contribution in [1.29, 1.82) is 0 Å². The van der Waals surface area contributed by atoms with E-state index in [4.69, 9.17) is 0 Å². The van der Waals surface area contributed by atoms with Crippen molar-refractivity contribution in [3.63, 3.8) is 0 Å². The second-order valence-corrected chi connectivity index (χ2v) is 2.55. The molecule has 0 aromatic carbocycles. The molecular formula is C7H13NO3S. The zero-order chi connectivity index (χ0) is 9.72. The summed E-state index contributed by atoms with van der Waals surface area (Å²) in [5, 5.41) is 0.213. The molecule has 1 rings (SSSR count). The van der Waals surface area contributed by atoms with Crippen LogP contribution in [0.3, 0.4) is 0 Å². The van der Waals surface area contributed by atoms with Crippen LogP contribution in [0.15, 0.2) is 0 Å². The van der Waals surface area contributed by atoms with Crippen molar-refractivity contribution in [3.05, 3.63) is 0 Å². The molecule has 0 aliphatic carbocycles. The average molecular weight is 191 g/mol. The Labute approximate surface area is 77.2 Å². The molecule has 1 aliphatic heterocycles. The third kappa shape index (κ3) is 2.22. The maximum atomic E-state index is 10.9. The van der Waals surface area contributed by atoms with E-state index in [1.165, 1.54) is 7.11 Å². The summed E-state index contributed by atoms with van der Waals surface area (Å²) in [5.41, 5.74) is 0. The molecule has 5 heteroatoms. The Morgan fingerprint density at radius 3 is 2.17 bits per heavy atom. The summed E-state index contributed by atoms with van der Waals surface area (Å²) in [4.78, 5) is 26.1. The van der Waals surface area contributed by atoms with Crippen LogP contribution in [0, 0.1) is 0 Å². The minimum atomic E-state index is -0.521. The number of imide groups is 1. The first kappa shape index (κ1) is 11.4. The van der Waals surface area contributed by atoms with E-state index in [0.29, 0.717) is 0 Å². The van der Waals surface area contributed by atoms with Gasteiger partial charge < -0.3 is 0 Å². The summed E-state index contributed by atoms with van der Waals surface area (Å²) in [7, 11) is 1.28. The van der Waals surface area contributed by atoms with Crippen molar-refractivity contribution in [2.24, 2.45) is 0 Å². The van der Waals surface area contributed by atoms with Gasteiger partial charge in [-0.15, -0.1) is 0 Å². The van der Waals surface area contributed by atoms with Crippen molar-refractivity contribution in [2.75, 3.05) is 7.11 Å². The van der Waals surface area contributed by atoms with Crippen LogP contribution in [-0.4, -0.2) is 29.2 Å². The van der Waals surface area contributed by atoms with E-state index in [9.17, 15) is 9.59 Å². The quantitative estimate of drug-likeness (QED) is 0.488. The van der Waals surface area contributed by atoms with Gasteiger partial charge in [0.15, 0.2) is 0 Å². The lowest BCUT2D eigenvalue weighted by Crippen LogP contribution is -2.29. The number of carbonyl (C=O) groups is 2. The minimum absolute atomic E-state index is 0.135. The Bertz CT molecular complexity index is 183. The molecule has 1 saturated heterocycles. The summed E-state index contributed by atoms with van der Waals surface area (Å²) in [6.07, 6.45) is 0.135. The molecule has 0 aromatic heterocycles. The lowest BCUT2D eigenvalue weighted by Gasteiger charge is -2.08. The minimum Gasteiger partial charge on any atom is -0.272 e. The van der Waals surface area contributed by atoms with E-state index in [-0.39, 0.29) is 18.2 Å². The third-order valence-electron chi connectivity index (χ3n) is 1.26. The molecule has 0 radical (unpaired) electrons. The van der Waals surface area contributed by atoms with Gasteiger partial charge in [0.05, 0.1) is 18.8 Å². The highest BCUT2D eigenvalue weighted by molar-refractivity contribution is 7.81. The van der Waals surface area contributed by atoms with Crippen LogP contribution in [0.1, 0.15) is 20.3 Å². The number of carbonyl (C=O) groups excluding carboxylic acids is 2. The lowest BCUT2D eigenvalue weighted by atomic mass is 10.4. The van der Waals surface area contributed by atoms with Crippen LogP contribution < -0.4 is 0 Å². The highest BCUT2D eigenvalue weighted by atomic mass is 32.1. The van der Waals surface area contributed by atoms with Gasteiger partial charge in [-0.2, -0.15) is 17.7 Å². The van der Waals surface area contributed by atoms with Crippen LogP contribution in [0.5, 0.6) is 0 Å². The summed E-state index contributed by atoms with van der Waals surface area (Å²) < 4.78 is 0. The highest BCUT2D eigenvalue weighted by Gasteiger charge is 2.36. The Hall–Kier alpha value is -0.550. The number of hydrogen-bond acceptors (Lipinski definition) is 4. The van der Waals surface area contributed by atoms with Crippen LogP contribution in [0.25, 0.3) is 0 Å². The molecule has 1 aliphatic rings. The summed E-state index contributed by atoms with van der Waals surface area (Å²) >= 11 is 3.87. The summed E-state index contributed by atoms with van der Waals surface area (Å²) in [6, 6.07) is 0. The van der Waals surface area contributed by atoms with Gasteiger partial charge in [-0.05, 0) is 0 Å². The van der Waals surface area contributed by atoms with Gasteiger partial charge in [-0.3, -0.25) is 14.4 Å². The predicted molar refractivity (Wildman–Crippen MR) is 47.6 cm³/mol. The Balaban J connectivity index is 0.000000561. The van der Waals surface area contributed by atoms with E-state index in [0.717, 1.165) is 5.06 Å². The number of hydroxylamine groups is 2. The lowest BCUT2D eigenvalue weighted by molar-refractivity contribution is -0.179. The number of amides is 2. The van der Waals surface area contributed by atoms with Crippen molar-refractivity contribution in [2.45, 2.75) is 25.5 Å². The van der Waals surface area contributed by atoms with E-state index in [2.05, 4.69) is 17.5 Å². The molecule has 70 valence electrons. The van der Waals surface area contributed by atoms with E-state index in [1.807, 2.05) is 13.8 Å². The largest absolute Gasteiger partial charge is 0.272 e. The van der Waals surface area contributed by atoms with Gasteiger partial charge in [0.1, 0.15) is 0 Å². The molecule has 12 heavy (non-hydrogen) atoms. The Morgan fingerprint density at radius 1 is 1.50 bits per heavy atom. The van der Waals surface area contributed by atoms with E-state index in [1.54, 1.807) is 0 Å². The molecule has 4 nitrogen and oxygen atoms in total. The summed E-state index contributed by atoms with van der Waals surface area (Å²) in [5.74, 6) is -0.705. The molecule has 0 N–H and O–H groups in total. The van der Waals surface area contributed by atoms with Crippen LogP contribution in [0.2, 0.25) is 0 Å². The predicted octanol–water partition coefficient (Wildman–Crippen LogP) is 0.631. The molecular weight excluding hydrogens is 178 g/mol. The molecule has 1 unspecified atom stereocenters. The average Bonchev–Trinajstić information content (AvgIpc) is 2.31. The van der Waals surface area contributed by atoms with Crippen molar-refractivity contribution in [3.8, 4) is 0 Å². The van der Waals surface area contributed by atoms with Gasteiger partial charge in [0, 0.05) is 0 Å². The molecule has 2 amide bonds. The van der Waals surface area contributed by atoms with Crippen LogP contribution >= 0.6 is 12.6 Å². The number of hydrogen-bond donors (Lipinski definition) is 1. The normalized spacial score (nSPS) is 22.3. The Morgan fingerprint density at radius 2 is 2.00 bits per heavy atom. The fourth-order valence-corrected chi connectivity index (χ4v) is 1.05. The van der Waals surface area contributed by atoms with E-state index < -0.39 is 5.25 Å². The Kier molecular flexibility index (Phi) is 4.92. The monoisotopic (exact) mass is 191 g/mol. The number of rotatable bonds is 1. The standard InChI is InChI=1S/C5H7NO3S.C2H6/c1-9-6-4(7)2-3(10)5(6)8;1-2/h3,10H,2H2,1H3;1-2H3. The SMILES string of the molecule is CC.CON1C(=O)CC(S)C1=O. The van der Waals surface area contributed by atoms with Crippen molar-refractivity contribution >= 4 is 24.4 Å². The topological polar surface area (TPSA) is 46.6 Å². The van der Waals surface area contributed by atoms with Crippen LogP contribution in [0.4, 0.5) is 0 Å². The van der Waals surface area contributed by atoms with Gasteiger partial charge in [0.2, 0.25) is 0 Å². The van der Waals surface area contributed by atoms with E-state index >= 15 is 0 Å². The zero-order valence-electron chi connectivity index (χ0n) is 7.40. The van der Waals surface area contributed by atoms with Gasteiger partial charge in [-0.25, -0.2) is 0 Å². The van der Waals surface area contributed by atoms with Crippen LogP contribution in [-0.2, 0) is 14.4 Å². The fraction of sp³-hybridized carbons (Fsp3) is 0.714. The number of nitrogens with zero attached hydrogens (tertiary/aromatic N) is 1. The van der Waals surface area contributed by atoms with Gasteiger partial charge in [-0.1, -0.05) is 13.8 Å². The first-order chi connectivity index (χ1) is 5.66. The second kappa shape index (κ2) is 5.16. The number of thiol groups is 1. The third-order valence-corrected chi connectivity index (χ3v) is 1.67. The molecule has 0 saturated carbocycles. The summed E-state index contributed by atoms with van der Waals surface area (Å²) in [6.45, 7) is 4.00. The first-order valence-electron chi connectivity index (χ1n) is 3.75. The molecule has 1 atom stereocenters. The molecule has 1 heterocycles. The van der Waals surface area contributed by atoms with Crippen molar-refractivity contribution < 1.29 is 14.4 Å². The maximum Gasteiger partial charge on any atom is 0.266 e. The van der Waals surface area contributed by atoms with Crippen molar-refractivity contribution in [1.82, 2.24) is 5.06 Å². The van der Waals surface area contributed by atoms with Gasteiger partial charge >= 0.3 is 0 Å². The first-order valence-corrected chi connectivity index (χ1v) is 4.27. The molecule has 0 bridgehead atoms. The molecule has 0 aromatic rings. The van der Waals surface area contributed by atoms with Gasteiger partial charge in [0.25, 0.3) is 11.8 Å². The fourth-order valence-electron chi connectivity index (χ4n) is 0.786. The highest BCUT2D eigenvalue weighted by Crippen LogP contribution is 2.16.